The second-order valence-electron chi connectivity index (χ2n) is 12.1. The number of benzene rings is 2. The van der Waals surface area contributed by atoms with Gasteiger partial charge < -0.3 is 14.5 Å². The standard InChI is InChI=1S/C33H33F3N6O2/c1-3-27(43)41-14-9-21(18-41)40(2)31-24-17-37-29(22-8-4-7-20-15-25(34)26(35)16-23(20)22)28(36)30(24)38-32(39-31)44-19-33-10-5-12-42(33)13-6-11-33/h3-4,7-8,15-17,21H,1,5-6,9-14,18-19H2,2H3. The monoisotopic (exact) mass is 602 g/mol. The van der Waals surface area contributed by atoms with Crippen LogP contribution in [0.2, 0.25) is 0 Å². The van der Waals surface area contributed by atoms with Crippen LogP contribution in [-0.2, 0) is 4.79 Å². The molecule has 5 heterocycles. The molecule has 0 N–H and O–H groups in total. The SMILES string of the molecule is C=CC(=O)N1CCC(N(C)c2nc(OCC34CCCN3CCC4)nc3c(F)c(-c4cccc5cc(F)c(F)cc45)ncc23)C1. The minimum atomic E-state index is -1.03. The molecule has 3 aliphatic heterocycles. The van der Waals surface area contributed by atoms with Gasteiger partial charge in [-0.25, -0.2) is 13.2 Å². The lowest BCUT2D eigenvalue weighted by Crippen LogP contribution is -2.43. The number of carbonyl (C=O) groups is 1. The Morgan fingerprint density at radius 2 is 1.89 bits per heavy atom. The van der Waals surface area contributed by atoms with Crippen LogP contribution in [0, 0.1) is 17.5 Å². The number of aromatic nitrogens is 3. The normalized spacial score (nSPS) is 19.5. The molecule has 228 valence electrons. The van der Waals surface area contributed by atoms with E-state index < -0.39 is 17.5 Å². The second kappa shape index (κ2) is 11.0. The minimum absolute atomic E-state index is 0.0191. The topological polar surface area (TPSA) is 74.7 Å². The fourth-order valence-electron chi connectivity index (χ4n) is 7.24. The van der Waals surface area contributed by atoms with Crippen LogP contribution >= 0.6 is 0 Å². The van der Waals surface area contributed by atoms with E-state index >= 15 is 4.39 Å². The quantitative estimate of drug-likeness (QED) is 0.259. The summed E-state index contributed by atoms with van der Waals surface area (Å²) in [5, 5.41) is 1.14. The summed E-state index contributed by atoms with van der Waals surface area (Å²) in [7, 11) is 1.86. The average Bonchev–Trinajstić information content (AvgIpc) is 3.77. The number of fused-ring (bicyclic) bond motifs is 3. The van der Waals surface area contributed by atoms with Gasteiger partial charge >= 0.3 is 6.01 Å². The van der Waals surface area contributed by atoms with Crippen molar-refractivity contribution < 1.29 is 22.7 Å². The first-order valence-electron chi connectivity index (χ1n) is 15.0. The van der Waals surface area contributed by atoms with Gasteiger partial charge in [-0.15, -0.1) is 0 Å². The van der Waals surface area contributed by atoms with Crippen molar-refractivity contribution in [1.82, 2.24) is 24.8 Å². The number of anilines is 1. The van der Waals surface area contributed by atoms with E-state index in [9.17, 15) is 13.6 Å². The molecule has 0 bridgehead atoms. The molecule has 0 aliphatic carbocycles. The van der Waals surface area contributed by atoms with Crippen LogP contribution in [0.5, 0.6) is 6.01 Å². The van der Waals surface area contributed by atoms with Crippen LogP contribution < -0.4 is 9.64 Å². The van der Waals surface area contributed by atoms with E-state index in [0.29, 0.717) is 53.7 Å². The summed E-state index contributed by atoms with van der Waals surface area (Å²) in [6, 6.07) is 7.04. The molecule has 3 fully saturated rings. The maximum Gasteiger partial charge on any atom is 0.319 e. The number of pyridine rings is 1. The zero-order valence-corrected chi connectivity index (χ0v) is 24.5. The number of likely N-dealkylation sites (N-methyl/N-ethyl adjacent to an activating group) is 1. The molecule has 8 nitrogen and oxygen atoms in total. The maximum atomic E-state index is 16.6. The van der Waals surface area contributed by atoms with Gasteiger partial charge in [-0.3, -0.25) is 14.7 Å². The van der Waals surface area contributed by atoms with Gasteiger partial charge in [0.1, 0.15) is 23.6 Å². The molecule has 2 aromatic heterocycles. The number of halogens is 3. The first-order valence-corrected chi connectivity index (χ1v) is 15.0. The minimum Gasteiger partial charge on any atom is -0.461 e. The van der Waals surface area contributed by atoms with E-state index in [0.717, 1.165) is 50.9 Å². The highest BCUT2D eigenvalue weighted by Gasteiger charge is 2.45. The predicted molar refractivity (Wildman–Crippen MR) is 162 cm³/mol. The summed E-state index contributed by atoms with van der Waals surface area (Å²) in [5.41, 5.74) is 0.238. The van der Waals surface area contributed by atoms with E-state index in [1.165, 1.54) is 12.3 Å². The van der Waals surface area contributed by atoms with Crippen LogP contribution in [0.15, 0.2) is 49.2 Å². The number of hydrogen-bond donors (Lipinski definition) is 0. The number of nitrogens with zero attached hydrogens (tertiary/aromatic N) is 6. The Kier molecular flexibility index (Phi) is 7.15. The lowest BCUT2D eigenvalue weighted by molar-refractivity contribution is -0.125. The average molecular weight is 603 g/mol. The molecule has 1 atom stereocenters. The molecule has 1 unspecified atom stereocenters. The van der Waals surface area contributed by atoms with Gasteiger partial charge in [-0.2, -0.15) is 9.97 Å². The van der Waals surface area contributed by atoms with Crippen LogP contribution in [0.3, 0.4) is 0 Å². The number of rotatable bonds is 7. The predicted octanol–water partition coefficient (Wildman–Crippen LogP) is 5.49. The van der Waals surface area contributed by atoms with Gasteiger partial charge in [-0.1, -0.05) is 24.8 Å². The van der Waals surface area contributed by atoms with Crippen molar-refractivity contribution in [1.29, 1.82) is 0 Å². The molecule has 3 aliphatic rings. The van der Waals surface area contributed by atoms with Crippen molar-refractivity contribution in [2.75, 3.05) is 44.7 Å². The highest BCUT2D eigenvalue weighted by Crippen LogP contribution is 2.40. The van der Waals surface area contributed by atoms with Crippen molar-refractivity contribution in [3.05, 3.63) is 66.6 Å². The Morgan fingerprint density at radius 3 is 2.66 bits per heavy atom. The Bertz CT molecular complexity index is 1790. The van der Waals surface area contributed by atoms with Crippen molar-refractivity contribution in [2.45, 2.75) is 43.7 Å². The van der Waals surface area contributed by atoms with E-state index in [1.54, 1.807) is 23.1 Å². The molecule has 0 radical (unpaired) electrons. The van der Waals surface area contributed by atoms with E-state index in [4.69, 9.17) is 9.72 Å². The van der Waals surface area contributed by atoms with Gasteiger partial charge in [0.2, 0.25) is 5.91 Å². The molecule has 0 saturated carbocycles. The number of carbonyl (C=O) groups excluding carboxylic acids is 1. The lowest BCUT2D eigenvalue weighted by Gasteiger charge is -2.31. The molecule has 3 saturated heterocycles. The second-order valence-corrected chi connectivity index (χ2v) is 12.1. The van der Waals surface area contributed by atoms with E-state index in [1.807, 2.05) is 11.9 Å². The number of amides is 1. The highest BCUT2D eigenvalue weighted by molar-refractivity contribution is 5.99. The first-order chi connectivity index (χ1) is 21.3. The first kappa shape index (κ1) is 28.5. The highest BCUT2D eigenvalue weighted by atomic mass is 19.2. The van der Waals surface area contributed by atoms with Gasteiger partial charge in [0.15, 0.2) is 17.5 Å². The molecule has 1 amide bonds. The zero-order valence-electron chi connectivity index (χ0n) is 24.5. The maximum absolute atomic E-state index is 16.6. The molecule has 7 rings (SSSR count). The van der Waals surface area contributed by atoms with Crippen LogP contribution in [-0.4, -0.2) is 82.1 Å². The van der Waals surface area contributed by atoms with Gasteiger partial charge in [0.05, 0.1) is 10.9 Å². The van der Waals surface area contributed by atoms with Gasteiger partial charge in [0, 0.05) is 37.9 Å². The Labute approximate surface area is 253 Å². The van der Waals surface area contributed by atoms with Crippen LogP contribution in [0.4, 0.5) is 19.0 Å². The van der Waals surface area contributed by atoms with Crippen LogP contribution in [0.1, 0.15) is 32.1 Å². The van der Waals surface area contributed by atoms with E-state index in [-0.39, 0.29) is 34.7 Å². The number of hydrogen-bond acceptors (Lipinski definition) is 7. The Hall–Kier alpha value is -4.25. The summed E-state index contributed by atoms with van der Waals surface area (Å²) in [5.74, 6) is -2.41. The smallest absolute Gasteiger partial charge is 0.319 e. The summed E-state index contributed by atoms with van der Waals surface area (Å²) in [6.07, 6.45) is 7.79. The number of ether oxygens (including phenoxy) is 1. The molecule has 0 spiro atoms. The molecule has 2 aromatic carbocycles. The third kappa shape index (κ3) is 4.74. The van der Waals surface area contributed by atoms with Gasteiger partial charge in [0.25, 0.3) is 0 Å². The Morgan fingerprint density at radius 1 is 1.11 bits per heavy atom. The summed E-state index contributed by atoms with van der Waals surface area (Å²) in [6.45, 7) is 7.11. The largest absolute Gasteiger partial charge is 0.461 e. The van der Waals surface area contributed by atoms with Gasteiger partial charge in [-0.05, 0) is 74.2 Å². The van der Waals surface area contributed by atoms with Crippen molar-refractivity contribution in [3.8, 4) is 17.3 Å². The Balaban J connectivity index is 1.32. The number of likely N-dealkylation sites (tertiary alicyclic amines) is 1. The fourth-order valence-corrected chi connectivity index (χ4v) is 7.24. The molecule has 44 heavy (non-hydrogen) atoms. The molecular weight excluding hydrogens is 569 g/mol. The molecule has 4 aromatic rings. The molecular formula is C33H33F3N6O2. The lowest BCUT2D eigenvalue weighted by atomic mass is 9.95. The summed E-state index contributed by atoms with van der Waals surface area (Å²) in [4.78, 5) is 32.2. The van der Waals surface area contributed by atoms with Crippen molar-refractivity contribution in [2.24, 2.45) is 0 Å². The summed E-state index contributed by atoms with van der Waals surface area (Å²) >= 11 is 0. The fraction of sp³-hybridized carbons (Fsp3) is 0.394. The third-order valence-corrected chi connectivity index (χ3v) is 9.63. The van der Waals surface area contributed by atoms with Crippen molar-refractivity contribution in [3.63, 3.8) is 0 Å². The third-order valence-electron chi connectivity index (χ3n) is 9.63. The zero-order chi connectivity index (χ0) is 30.6. The van der Waals surface area contributed by atoms with Crippen molar-refractivity contribution >= 4 is 33.4 Å². The van der Waals surface area contributed by atoms with Crippen LogP contribution in [0.25, 0.3) is 32.9 Å². The van der Waals surface area contributed by atoms with E-state index in [2.05, 4.69) is 21.4 Å². The molecule has 11 heteroatoms. The summed E-state index contributed by atoms with van der Waals surface area (Å²) < 4.78 is 51.1.